The van der Waals surface area contributed by atoms with Crippen LogP contribution in [0.1, 0.15) is 59.3 Å². The number of hydrazine groups is 1. The fourth-order valence-corrected chi connectivity index (χ4v) is 2.98. The van der Waals surface area contributed by atoms with E-state index in [9.17, 15) is 0 Å². The minimum Gasteiger partial charge on any atom is -0.378 e. The number of ether oxygens (including phenoxy) is 1. The van der Waals surface area contributed by atoms with Gasteiger partial charge in [0.15, 0.2) is 0 Å². The van der Waals surface area contributed by atoms with Gasteiger partial charge < -0.3 is 4.74 Å². The van der Waals surface area contributed by atoms with Crippen molar-refractivity contribution < 1.29 is 4.74 Å². The lowest BCUT2D eigenvalue weighted by Crippen LogP contribution is -2.44. The van der Waals surface area contributed by atoms with Gasteiger partial charge in [0.1, 0.15) is 0 Å². The Morgan fingerprint density at radius 1 is 1.41 bits per heavy atom. The van der Waals surface area contributed by atoms with Crippen LogP contribution in [-0.4, -0.2) is 18.8 Å². The molecule has 0 aromatic heterocycles. The van der Waals surface area contributed by atoms with Crippen LogP contribution in [0.15, 0.2) is 0 Å². The maximum atomic E-state index is 5.74. The summed E-state index contributed by atoms with van der Waals surface area (Å²) in [5, 5.41) is 0. The first-order valence-electron chi connectivity index (χ1n) is 7.30. The van der Waals surface area contributed by atoms with Crippen LogP contribution < -0.4 is 11.3 Å². The Hall–Kier alpha value is -0.120. The van der Waals surface area contributed by atoms with Gasteiger partial charge in [-0.1, -0.05) is 39.5 Å². The van der Waals surface area contributed by atoms with Gasteiger partial charge >= 0.3 is 0 Å². The van der Waals surface area contributed by atoms with E-state index in [0.717, 1.165) is 18.9 Å². The number of rotatable bonds is 8. The molecule has 0 aliphatic carbocycles. The van der Waals surface area contributed by atoms with Crippen LogP contribution in [0.25, 0.3) is 0 Å². The van der Waals surface area contributed by atoms with Gasteiger partial charge in [-0.3, -0.25) is 11.3 Å². The van der Waals surface area contributed by atoms with E-state index < -0.39 is 0 Å². The molecule has 0 radical (unpaired) electrons. The fraction of sp³-hybridized carbons (Fsp3) is 1.00. The quantitative estimate of drug-likeness (QED) is 0.508. The second kappa shape index (κ2) is 8.06. The topological polar surface area (TPSA) is 47.3 Å². The van der Waals surface area contributed by atoms with E-state index in [1.165, 1.54) is 32.1 Å². The van der Waals surface area contributed by atoms with Gasteiger partial charge in [0.25, 0.3) is 0 Å². The van der Waals surface area contributed by atoms with Crippen LogP contribution in [0, 0.1) is 11.8 Å². The average molecular weight is 242 g/mol. The third kappa shape index (κ3) is 4.57. The second-order valence-electron chi connectivity index (χ2n) is 5.45. The highest BCUT2D eigenvalue weighted by molar-refractivity contribution is 4.84. The van der Waals surface area contributed by atoms with Crippen molar-refractivity contribution in [3.05, 3.63) is 0 Å². The first kappa shape index (κ1) is 14.9. The van der Waals surface area contributed by atoms with Crippen LogP contribution in [0.2, 0.25) is 0 Å². The Balaban J connectivity index is 2.43. The van der Waals surface area contributed by atoms with Crippen molar-refractivity contribution >= 4 is 0 Å². The van der Waals surface area contributed by atoms with E-state index in [1.54, 1.807) is 0 Å². The number of hydrogen-bond donors (Lipinski definition) is 2. The zero-order chi connectivity index (χ0) is 12.7. The standard InChI is InChI=1S/C14H30N2O/c1-4-6-7-12(5-2)10-14(16-15)13-8-9-17-11(13)3/h11-14,16H,4-10,15H2,1-3H3. The molecule has 3 nitrogen and oxygen atoms in total. The molecular formula is C14H30N2O. The number of nitrogens with one attached hydrogen (secondary N) is 1. The molecular weight excluding hydrogens is 212 g/mol. The molecule has 3 heteroatoms. The lowest BCUT2D eigenvalue weighted by molar-refractivity contribution is 0.0913. The van der Waals surface area contributed by atoms with E-state index in [0.29, 0.717) is 18.1 Å². The van der Waals surface area contributed by atoms with Gasteiger partial charge in [0.2, 0.25) is 0 Å². The second-order valence-corrected chi connectivity index (χ2v) is 5.45. The Morgan fingerprint density at radius 3 is 2.65 bits per heavy atom. The van der Waals surface area contributed by atoms with E-state index >= 15 is 0 Å². The molecule has 1 fully saturated rings. The van der Waals surface area contributed by atoms with Gasteiger partial charge in [0.05, 0.1) is 6.10 Å². The molecule has 0 bridgehead atoms. The molecule has 1 aliphatic rings. The Bertz CT molecular complexity index is 199. The highest BCUT2D eigenvalue weighted by Crippen LogP contribution is 2.29. The summed E-state index contributed by atoms with van der Waals surface area (Å²) in [6, 6.07) is 0.425. The van der Waals surface area contributed by atoms with Gasteiger partial charge in [0, 0.05) is 18.6 Å². The van der Waals surface area contributed by atoms with Crippen LogP contribution in [-0.2, 0) is 4.74 Å². The van der Waals surface area contributed by atoms with E-state index in [2.05, 4.69) is 26.2 Å². The molecule has 4 unspecified atom stereocenters. The molecule has 0 amide bonds. The molecule has 4 atom stereocenters. The number of hydrogen-bond acceptors (Lipinski definition) is 3. The summed E-state index contributed by atoms with van der Waals surface area (Å²) in [5.74, 6) is 7.14. The molecule has 102 valence electrons. The molecule has 1 heterocycles. The number of nitrogens with two attached hydrogens (primary N) is 1. The molecule has 0 aromatic rings. The maximum Gasteiger partial charge on any atom is 0.0591 e. The van der Waals surface area contributed by atoms with Crippen molar-refractivity contribution in [2.24, 2.45) is 17.7 Å². The molecule has 1 rings (SSSR count). The molecule has 0 spiro atoms. The molecule has 0 aromatic carbocycles. The van der Waals surface area contributed by atoms with E-state index in [1.807, 2.05) is 0 Å². The molecule has 3 N–H and O–H groups in total. The highest BCUT2D eigenvalue weighted by Gasteiger charge is 2.32. The molecule has 1 aliphatic heterocycles. The lowest BCUT2D eigenvalue weighted by atomic mass is 9.84. The predicted molar refractivity (Wildman–Crippen MR) is 72.6 cm³/mol. The van der Waals surface area contributed by atoms with Gasteiger partial charge in [-0.15, -0.1) is 0 Å². The smallest absolute Gasteiger partial charge is 0.0591 e. The fourth-order valence-electron chi connectivity index (χ4n) is 2.98. The largest absolute Gasteiger partial charge is 0.378 e. The summed E-state index contributed by atoms with van der Waals surface area (Å²) in [6.07, 6.45) is 7.95. The summed E-state index contributed by atoms with van der Waals surface area (Å²) in [7, 11) is 0. The van der Waals surface area contributed by atoms with Gasteiger partial charge in [-0.25, -0.2) is 0 Å². The van der Waals surface area contributed by atoms with Gasteiger partial charge in [-0.2, -0.15) is 0 Å². The van der Waals surface area contributed by atoms with Crippen molar-refractivity contribution in [3.8, 4) is 0 Å². The normalized spacial score (nSPS) is 28.2. The lowest BCUT2D eigenvalue weighted by Gasteiger charge is -2.28. The zero-order valence-electron chi connectivity index (χ0n) is 11.7. The Labute approximate surface area is 106 Å². The highest BCUT2D eigenvalue weighted by atomic mass is 16.5. The van der Waals surface area contributed by atoms with Crippen LogP contribution in [0.3, 0.4) is 0 Å². The molecule has 1 saturated heterocycles. The Morgan fingerprint density at radius 2 is 2.18 bits per heavy atom. The minimum absolute atomic E-state index is 0.361. The van der Waals surface area contributed by atoms with Crippen LogP contribution in [0.5, 0.6) is 0 Å². The predicted octanol–water partition coefficient (Wildman–Crippen LogP) is 2.85. The van der Waals surface area contributed by atoms with Crippen LogP contribution in [0.4, 0.5) is 0 Å². The minimum atomic E-state index is 0.361. The average Bonchev–Trinajstić information content (AvgIpc) is 2.76. The number of unbranched alkanes of at least 4 members (excludes halogenated alkanes) is 1. The maximum absolute atomic E-state index is 5.74. The molecule has 0 saturated carbocycles. The summed E-state index contributed by atoms with van der Waals surface area (Å²) in [5.41, 5.74) is 3.04. The molecule has 17 heavy (non-hydrogen) atoms. The third-order valence-electron chi connectivity index (χ3n) is 4.30. The SMILES string of the molecule is CCCCC(CC)CC(NN)C1CCOC1C. The van der Waals surface area contributed by atoms with Gasteiger partial charge in [-0.05, 0) is 25.7 Å². The van der Waals surface area contributed by atoms with Crippen LogP contribution >= 0.6 is 0 Å². The van der Waals surface area contributed by atoms with Crippen molar-refractivity contribution in [2.45, 2.75) is 71.4 Å². The van der Waals surface area contributed by atoms with E-state index in [4.69, 9.17) is 10.6 Å². The summed E-state index contributed by atoms with van der Waals surface area (Å²) < 4.78 is 5.65. The van der Waals surface area contributed by atoms with Crippen molar-refractivity contribution in [1.82, 2.24) is 5.43 Å². The van der Waals surface area contributed by atoms with Crippen molar-refractivity contribution in [3.63, 3.8) is 0 Å². The van der Waals surface area contributed by atoms with Crippen molar-refractivity contribution in [1.29, 1.82) is 0 Å². The third-order valence-corrected chi connectivity index (χ3v) is 4.30. The summed E-state index contributed by atoms with van der Waals surface area (Å²) >= 11 is 0. The monoisotopic (exact) mass is 242 g/mol. The first-order valence-corrected chi connectivity index (χ1v) is 7.30. The Kier molecular flexibility index (Phi) is 7.09. The zero-order valence-corrected chi connectivity index (χ0v) is 11.7. The summed E-state index contributed by atoms with van der Waals surface area (Å²) in [4.78, 5) is 0. The van der Waals surface area contributed by atoms with Crippen molar-refractivity contribution in [2.75, 3.05) is 6.61 Å². The summed E-state index contributed by atoms with van der Waals surface area (Å²) in [6.45, 7) is 7.63. The van der Waals surface area contributed by atoms with E-state index in [-0.39, 0.29) is 0 Å². The first-order chi connectivity index (χ1) is 8.22.